The maximum atomic E-state index is 14.2. The van der Waals surface area contributed by atoms with E-state index >= 15 is 0 Å². The Balaban J connectivity index is 2.00. The quantitative estimate of drug-likeness (QED) is 0.791. The molecular formula is C18H16ClF2NO3S. The van der Waals surface area contributed by atoms with Crippen molar-refractivity contribution in [2.45, 2.75) is 19.0 Å². The molecule has 3 rings (SSSR count). The molecule has 2 aromatic carbocycles. The van der Waals surface area contributed by atoms with Gasteiger partial charge in [0.25, 0.3) is 5.91 Å². The summed E-state index contributed by atoms with van der Waals surface area (Å²) in [4.78, 5) is 14.1. The van der Waals surface area contributed by atoms with Crippen molar-refractivity contribution in [3.8, 4) is 0 Å². The molecule has 1 heterocycles. The average Bonchev–Trinajstić information content (AvgIpc) is 2.94. The minimum Gasteiger partial charge on any atom is -0.330 e. The molecule has 1 atom stereocenters. The van der Waals surface area contributed by atoms with Gasteiger partial charge in [0.2, 0.25) is 0 Å². The fourth-order valence-corrected chi connectivity index (χ4v) is 4.98. The summed E-state index contributed by atoms with van der Waals surface area (Å²) in [5.74, 6) is -2.32. The zero-order chi connectivity index (χ0) is 18.9. The topological polar surface area (TPSA) is 54.5 Å². The third-order valence-electron chi connectivity index (χ3n) is 4.40. The van der Waals surface area contributed by atoms with Crippen molar-refractivity contribution in [2.24, 2.45) is 0 Å². The summed E-state index contributed by atoms with van der Waals surface area (Å²) in [5, 5.41) is 0.122. The number of halogens is 3. The molecule has 1 amide bonds. The Morgan fingerprint density at radius 3 is 2.42 bits per heavy atom. The number of carbonyl (C=O) groups excluding carboxylic acids is 1. The van der Waals surface area contributed by atoms with E-state index in [0.29, 0.717) is 0 Å². The first-order valence-corrected chi connectivity index (χ1v) is 10.2. The summed E-state index contributed by atoms with van der Waals surface area (Å²) in [6.45, 7) is -0.237. The molecule has 0 aromatic heterocycles. The molecule has 0 aliphatic carbocycles. The van der Waals surface area contributed by atoms with E-state index in [9.17, 15) is 22.0 Å². The third-order valence-corrected chi connectivity index (χ3v) is 6.51. The summed E-state index contributed by atoms with van der Waals surface area (Å²) < 4.78 is 51.9. The summed E-state index contributed by atoms with van der Waals surface area (Å²) in [6, 6.07) is 8.88. The fraction of sp³-hybridized carbons (Fsp3) is 0.278. The zero-order valence-corrected chi connectivity index (χ0v) is 15.2. The lowest BCUT2D eigenvalue weighted by atomic mass is 10.1. The Morgan fingerprint density at radius 1 is 1.12 bits per heavy atom. The summed E-state index contributed by atoms with van der Waals surface area (Å²) in [7, 11) is -3.29. The van der Waals surface area contributed by atoms with Gasteiger partial charge in [0.1, 0.15) is 11.6 Å². The monoisotopic (exact) mass is 399 g/mol. The molecule has 0 N–H and O–H groups in total. The molecule has 1 aliphatic heterocycles. The number of hydrogen-bond acceptors (Lipinski definition) is 3. The van der Waals surface area contributed by atoms with Crippen molar-refractivity contribution >= 4 is 27.3 Å². The minimum absolute atomic E-state index is 0.0658. The number of hydrogen-bond donors (Lipinski definition) is 0. The number of carbonyl (C=O) groups is 1. The number of nitrogens with zero attached hydrogens (tertiary/aromatic N) is 1. The van der Waals surface area contributed by atoms with Gasteiger partial charge >= 0.3 is 0 Å². The van der Waals surface area contributed by atoms with Gasteiger partial charge in [0, 0.05) is 16.6 Å². The van der Waals surface area contributed by atoms with Crippen molar-refractivity contribution in [1.29, 1.82) is 0 Å². The van der Waals surface area contributed by atoms with E-state index in [2.05, 4.69) is 0 Å². The molecular weight excluding hydrogens is 384 g/mol. The Labute approximate surface area is 155 Å². The molecule has 4 nitrogen and oxygen atoms in total. The SMILES string of the molecule is O=C(c1ccccc1F)N(Cc1c(F)cccc1Cl)C1CCS(=O)(=O)C1. The Kier molecular flexibility index (Phi) is 5.29. The van der Waals surface area contributed by atoms with Crippen LogP contribution in [-0.4, -0.2) is 36.8 Å². The molecule has 0 saturated carbocycles. The summed E-state index contributed by atoms with van der Waals surface area (Å²) >= 11 is 6.05. The predicted octanol–water partition coefficient (Wildman–Crippen LogP) is 3.45. The van der Waals surface area contributed by atoms with Crippen molar-refractivity contribution in [1.82, 2.24) is 4.90 Å². The van der Waals surface area contributed by atoms with Gasteiger partial charge in [-0.25, -0.2) is 17.2 Å². The second-order valence-electron chi connectivity index (χ2n) is 6.17. The molecule has 8 heteroatoms. The van der Waals surface area contributed by atoms with E-state index < -0.39 is 33.4 Å². The molecule has 0 radical (unpaired) electrons. The van der Waals surface area contributed by atoms with Gasteiger partial charge in [-0.15, -0.1) is 0 Å². The average molecular weight is 400 g/mol. The third kappa shape index (κ3) is 3.88. The first kappa shape index (κ1) is 18.8. The van der Waals surface area contributed by atoms with Gasteiger partial charge in [0.05, 0.1) is 23.6 Å². The van der Waals surface area contributed by atoms with E-state index in [1.54, 1.807) is 0 Å². The number of sulfone groups is 1. The number of amides is 1. The smallest absolute Gasteiger partial charge is 0.257 e. The Hall–Kier alpha value is -1.99. The van der Waals surface area contributed by atoms with Crippen LogP contribution in [0, 0.1) is 11.6 Å². The van der Waals surface area contributed by atoms with Gasteiger partial charge in [0.15, 0.2) is 9.84 Å². The normalized spacial score (nSPS) is 18.7. The first-order valence-electron chi connectivity index (χ1n) is 7.97. The van der Waals surface area contributed by atoms with Crippen LogP contribution in [0.1, 0.15) is 22.3 Å². The van der Waals surface area contributed by atoms with Crippen molar-refractivity contribution < 1.29 is 22.0 Å². The van der Waals surface area contributed by atoms with E-state index in [-0.39, 0.29) is 40.6 Å². The van der Waals surface area contributed by atoms with Crippen molar-refractivity contribution in [2.75, 3.05) is 11.5 Å². The highest BCUT2D eigenvalue weighted by Crippen LogP contribution is 2.27. The van der Waals surface area contributed by atoms with Crippen LogP contribution in [0.2, 0.25) is 5.02 Å². The van der Waals surface area contributed by atoms with Crippen molar-refractivity contribution in [3.05, 3.63) is 70.2 Å². The second kappa shape index (κ2) is 7.32. The van der Waals surface area contributed by atoms with Crippen LogP contribution >= 0.6 is 11.6 Å². The maximum Gasteiger partial charge on any atom is 0.257 e. The van der Waals surface area contributed by atoms with Crippen LogP contribution in [-0.2, 0) is 16.4 Å². The second-order valence-corrected chi connectivity index (χ2v) is 8.81. The number of rotatable bonds is 4. The lowest BCUT2D eigenvalue weighted by molar-refractivity contribution is 0.0674. The molecule has 1 unspecified atom stereocenters. The van der Waals surface area contributed by atoms with E-state index in [1.165, 1.54) is 41.3 Å². The fourth-order valence-electron chi connectivity index (χ4n) is 3.03. The maximum absolute atomic E-state index is 14.2. The predicted molar refractivity (Wildman–Crippen MR) is 94.7 cm³/mol. The van der Waals surface area contributed by atoms with Crippen LogP contribution in [0.4, 0.5) is 8.78 Å². The van der Waals surface area contributed by atoms with Gasteiger partial charge in [-0.3, -0.25) is 4.79 Å². The standard InChI is InChI=1S/C18H16ClF2NO3S/c19-15-5-3-7-17(21)14(15)10-22(12-8-9-26(24,25)11-12)18(23)13-4-1-2-6-16(13)20/h1-7,12H,8-11H2. The molecule has 0 bridgehead atoms. The Morgan fingerprint density at radius 2 is 1.81 bits per heavy atom. The van der Waals surface area contributed by atoms with E-state index in [4.69, 9.17) is 11.6 Å². The number of benzene rings is 2. The van der Waals surface area contributed by atoms with E-state index in [1.807, 2.05) is 0 Å². The highest BCUT2D eigenvalue weighted by Gasteiger charge is 2.36. The van der Waals surface area contributed by atoms with Gasteiger partial charge in [-0.05, 0) is 30.7 Å². The lowest BCUT2D eigenvalue weighted by Gasteiger charge is -2.29. The van der Waals surface area contributed by atoms with Crippen LogP contribution < -0.4 is 0 Å². The largest absolute Gasteiger partial charge is 0.330 e. The van der Waals surface area contributed by atoms with Crippen LogP contribution in [0.3, 0.4) is 0 Å². The molecule has 0 spiro atoms. The van der Waals surface area contributed by atoms with Crippen molar-refractivity contribution in [3.63, 3.8) is 0 Å². The summed E-state index contributed by atoms with van der Waals surface area (Å²) in [5.41, 5.74) is -0.118. The minimum atomic E-state index is -3.29. The lowest BCUT2D eigenvalue weighted by Crippen LogP contribution is -2.41. The molecule has 1 fully saturated rings. The van der Waals surface area contributed by atoms with Gasteiger partial charge < -0.3 is 4.90 Å². The van der Waals surface area contributed by atoms with Crippen LogP contribution in [0.15, 0.2) is 42.5 Å². The summed E-state index contributed by atoms with van der Waals surface area (Å²) in [6.07, 6.45) is 0.217. The van der Waals surface area contributed by atoms with E-state index in [0.717, 1.165) is 6.07 Å². The van der Waals surface area contributed by atoms with Crippen LogP contribution in [0.25, 0.3) is 0 Å². The van der Waals surface area contributed by atoms with Gasteiger partial charge in [-0.1, -0.05) is 29.8 Å². The first-order chi connectivity index (χ1) is 12.3. The molecule has 26 heavy (non-hydrogen) atoms. The molecule has 138 valence electrons. The molecule has 1 saturated heterocycles. The molecule has 2 aromatic rings. The van der Waals surface area contributed by atoms with Crippen LogP contribution in [0.5, 0.6) is 0 Å². The molecule has 1 aliphatic rings. The highest BCUT2D eigenvalue weighted by molar-refractivity contribution is 7.91. The Bertz CT molecular complexity index is 929. The zero-order valence-electron chi connectivity index (χ0n) is 13.7. The van der Waals surface area contributed by atoms with Gasteiger partial charge in [-0.2, -0.15) is 0 Å². The highest BCUT2D eigenvalue weighted by atomic mass is 35.5.